The van der Waals surface area contributed by atoms with Crippen molar-refractivity contribution >= 4 is 12.6 Å². The highest BCUT2D eigenvalue weighted by atomic mass is 32.1. The minimum absolute atomic E-state index is 0.694. The summed E-state index contributed by atoms with van der Waals surface area (Å²) in [6.45, 7) is 5.52. The summed E-state index contributed by atoms with van der Waals surface area (Å²) in [5, 5.41) is 0. The third-order valence-electron chi connectivity index (χ3n) is 4.27. The zero-order valence-corrected chi connectivity index (χ0v) is 14.3. The van der Waals surface area contributed by atoms with Crippen LogP contribution >= 0.6 is 12.6 Å². The van der Waals surface area contributed by atoms with Crippen molar-refractivity contribution < 1.29 is 9.47 Å². The Labute approximate surface area is 134 Å². The van der Waals surface area contributed by atoms with Crippen LogP contribution in [-0.4, -0.2) is 38.0 Å². The minimum atomic E-state index is 0.694. The lowest BCUT2D eigenvalue weighted by molar-refractivity contribution is 0.216. The van der Waals surface area contributed by atoms with Crippen LogP contribution in [0.5, 0.6) is 11.5 Å². The highest BCUT2D eigenvalue weighted by Crippen LogP contribution is 2.33. The fraction of sp³-hybridized carbons (Fsp3) is 0.647. The van der Waals surface area contributed by atoms with E-state index in [1.165, 1.54) is 24.0 Å². The van der Waals surface area contributed by atoms with Gasteiger partial charge in [-0.25, -0.2) is 0 Å². The number of methoxy groups -OCH3 is 2. The van der Waals surface area contributed by atoms with Crippen LogP contribution in [0.1, 0.15) is 30.9 Å². The molecule has 1 aromatic rings. The quantitative estimate of drug-likeness (QED) is 0.780. The molecule has 1 heterocycles. The topological polar surface area (TPSA) is 21.7 Å². The van der Waals surface area contributed by atoms with Gasteiger partial charge in [0.1, 0.15) is 0 Å². The van der Waals surface area contributed by atoms with Crippen LogP contribution in [0.4, 0.5) is 0 Å². The molecule has 0 saturated heterocycles. The summed E-state index contributed by atoms with van der Waals surface area (Å²) >= 11 is 4.50. The summed E-state index contributed by atoms with van der Waals surface area (Å²) in [5.74, 6) is 3.34. The van der Waals surface area contributed by atoms with E-state index in [1.807, 2.05) is 0 Å². The van der Waals surface area contributed by atoms with Crippen LogP contribution in [0, 0.1) is 5.92 Å². The predicted molar refractivity (Wildman–Crippen MR) is 90.8 cm³/mol. The Hall–Kier alpha value is -0.870. The molecule has 0 N–H and O–H groups in total. The van der Waals surface area contributed by atoms with Crippen molar-refractivity contribution in [1.29, 1.82) is 0 Å². The third-order valence-corrected chi connectivity index (χ3v) is 4.79. The molecule has 3 nitrogen and oxygen atoms in total. The number of nitrogens with zero attached hydrogens (tertiary/aromatic N) is 1. The van der Waals surface area contributed by atoms with E-state index in [0.717, 1.165) is 43.3 Å². The van der Waals surface area contributed by atoms with E-state index in [9.17, 15) is 0 Å². The Balaban J connectivity index is 2.09. The molecule has 1 unspecified atom stereocenters. The van der Waals surface area contributed by atoms with Gasteiger partial charge >= 0.3 is 0 Å². The van der Waals surface area contributed by atoms with Crippen molar-refractivity contribution in [1.82, 2.24) is 4.90 Å². The maximum absolute atomic E-state index is 5.42. The lowest BCUT2D eigenvalue weighted by Gasteiger charge is -2.32. The third kappa shape index (κ3) is 4.07. The molecule has 1 atom stereocenters. The smallest absolute Gasteiger partial charge is 0.161 e. The number of benzene rings is 1. The summed E-state index contributed by atoms with van der Waals surface area (Å²) < 4.78 is 10.8. The molecule has 1 aromatic carbocycles. The molecule has 0 fully saturated rings. The van der Waals surface area contributed by atoms with Crippen molar-refractivity contribution in [2.45, 2.75) is 32.7 Å². The van der Waals surface area contributed by atoms with E-state index in [0.29, 0.717) is 5.92 Å². The summed E-state index contributed by atoms with van der Waals surface area (Å²) in [6, 6.07) is 4.27. The summed E-state index contributed by atoms with van der Waals surface area (Å²) in [6.07, 6.45) is 3.58. The predicted octanol–water partition coefficient (Wildman–Crippen LogP) is 3.41. The largest absolute Gasteiger partial charge is 0.493 e. The molecule has 1 aliphatic heterocycles. The molecule has 0 radical (unpaired) electrons. The number of thiol groups is 1. The van der Waals surface area contributed by atoms with E-state index >= 15 is 0 Å². The molecule has 0 saturated carbocycles. The second-order valence-electron chi connectivity index (χ2n) is 5.80. The highest BCUT2D eigenvalue weighted by molar-refractivity contribution is 7.80. The Kier molecular flexibility index (Phi) is 6.24. The number of hydrogen-bond acceptors (Lipinski definition) is 4. The lowest BCUT2D eigenvalue weighted by Crippen LogP contribution is -2.35. The lowest BCUT2D eigenvalue weighted by atomic mass is 9.97. The Morgan fingerprint density at radius 2 is 1.86 bits per heavy atom. The van der Waals surface area contributed by atoms with Crippen molar-refractivity contribution in [3.05, 3.63) is 23.3 Å². The molecule has 0 spiro atoms. The van der Waals surface area contributed by atoms with Gasteiger partial charge in [-0.3, -0.25) is 4.90 Å². The van der Waals surface area contributed by atoms with Crippen molar-refractivity contribution in [2.24, 2.45) is 5.92 Å². The molecular formula is C17H27NO2S. The summed E-state index contributed by atoms with van der Waals surface area (Å²) in [7, 11) is 3.39. The van der Waals surface area contributed by atoms with E-state index < -0.39 is 0 Å². The molecule has 0 aromatic heterocycles. The number of ether oxygens (including phenoxy) is 2. The van der Waals surface area contributed by atoms with E-state index in [-0.39, 0.29) is 0 Å². The Morgan fingerprint density at radius 1 is 1.19 bits per heavy atom. The van der Waals surface area contributed by atoms with Crippen molar-refractivity contribution in [2.75, 3.05) is 33.1 Å². The van der Waals surface area contributed by atoms with E-state index in [2.05, 4.69) is 36.6 Å². The zero-order chi connectivity index (χ0) is 15.2. The van der Waals surface area contributed by atoms with Crippen LogP contribution in [0.3, 0.4) is 0 Å². The first-order chi connectivity index (χ1) is 10.2. The fourth-order valence-electron chi connectivity index (χ4n) is 3.11. The van der Waals surface area contributed by atoms with Crippen molar-refractivity contribution in [3.8, 4) is 11.5 Å². The van der Waals surface area contributed by atoms with E-state index in [1.54, 1.807) is 14.2 Å². The van der Waals surface area contributed by atoms with Crippen LogP contribution in [0.2, 0.25) is 0 Å². The van der Waals surface area contributed by atoms with Gasteiger partial charge in [-0.05, 0) is 47.8 Å². The van der Waals surface area contributed by atoms with E-state index in [4.69, 9.17) is 9.47 Å². The number of fused-ring (bicyclic) bond motifs is 1. The Morgan fingerprint density at radius 3 is 2.43 bits per heavy atom. The fourth-order valence-corrected chi connectivity index (χ4v) is 3.41. The van der Waals surface area contributed by atoms with Gasteiger partial charge in [0.2, 0.25) is 0 Å². The molecule has 21 heavy (non-hydrogen) atoms. The van der Waals surface area contributed by atoms with Crippen molar-refractivity contribution in [3.63, 3.8) is 0 Å². The van der Waals surface area contributed by atoms with Gasteiger partial charge < -0.3 is 9.47 Å². The Bertz CT molecular complexity index is 464. The van der Waals surface area contributed by atoms with Gasteiger partial charge in [-0.1, -0.05) is 13.3 Å². The maximum Gasteiger partial charge on any atom is 0.161 e. The monoisotopic (exact) mass is 309 g/mol. The van der Waals surface area contributed by atoms with Crippen LogP contribution in [-0.2, 0) is 13.0 Å². The first kappa shape index (κ1) is 16.5. The maximum atomic E-state index is 5.42. The second-order valence-corrected chi connectivity index (χ2v) is 6.16. The first-order valence-corrected chi connectivity index (χ1v) is 8.42. The molecule has 4 heteroatoms. The number of hydrogen-bond donors (Lipinski definition) is 1. The van der Waals surface area contributed by atoms with Gasteiger partial charge in [-0.15, -0.1) is 0 Å². The minimum Gasteiger partial charge on any atom is -0.493 e. The van der Waals surface area contributed by atoms with Crippen LogP contribution in [0.25, 0.3) is 0 Å². The van der Waals surface area contributed by atoms with Crippen LogP contribution < -0.4 is 9.47 Å². The van der Waals surface area contributed by atoms with Crippen LogP contribution in [0.15, 0.2) is 12.1 Å². The van der Waals surface area contributed by atoms with Gasteiger partial charge in [-0.2, -0.15) is 12.6 Å². The standard InChI is InChI=1S/C17H27NO2S/c1-4-5-13(12-21)10-18-7-6-14-8-16(19-2)17(20-3)9-15(14)11-18/h8-9,13,21H,4-7,10-12H2,1-3H3. The van der Waals surface area contributed by atoms with Gasteiger partial charge in [0.15, 0.2) is 11.5 Å². The molecule has 0 aliphatic carbocycles. The molecule has 118 valence electrons. The normalized spacial score (nSPS) is 16.4. The molecule has 0 bridgehead atoms. The molecule has 2 rings (SSSR count). The number of rotatable bonds is 7. The summed E-state index contributed by atoms with van der Waals surface area (Å²) in [5.41, 5.74) is 2.76. The second kappa shape index (κ2) is 7.95. The zero-order valence-electron chi connectivity index (χ0n) is 13.4. The average Bonchev–Trinajstić information content (AvgIpc) is 2.52. The van der Waals surface area contributed by atoms with Gasteiger partial charge in [0, 0.05) is 19.6 Å². The first-order valence-electron chi connectivity index (χ1n) is 7.78. The summed E-state index contributed by atoms with van der Waals surface area (Å²) in [4.78, 5) is 2.55. The molecule has 0 amide bonds. The average molecular weight is 309 g/mol. The highest BCUT2D eigenvalue weighted by Gasteiger charge is 2.21. The van der Waals surface area contributed by atoms with Gasteiger partial charge in [0.05, 0.1) is 14.2 Å². The van der Waals surface area contributed by atoms with Gasteiger partial charge in [0.25, 0.3) is 0 Å². The molecular weight excluding hydrogens is 282 g/mol. The molecule has 1 aliphatic rings. The SMILES string of the molecule is CCCC(CS)CN1CCc2cc(OC)c(OC)cc2C1.